The Hall–Kier alpha value is -3.04. The van der Waals surface area contributed by atoms with Crippen molar-refractivity contribution in [2.45, 2.75) is 17.3 Å². The van der Waals surface area contributed by atoms with Gasteiger partial charge in [0.15, 0.2) is 5.16 Å². The van der Waals surface area contributed by atoms with Crippen molar-refractivity contribution in [2.75, 3.05) is 5.32 Å². The minimum Gasteiger partial charge on any atom is -0.294 e. The van der Waals surface area contributed by atoms with E-state index in [0.717, 1.165) is 10.4 Å². The van der Waals surface area contributed by atoms with E-state index in [-0.39, 0.29) is 17.4 Å². The van der Waals surface area contributed by atoms with Crippen LogP contribution in [-0.4, -0.2) is 30.7 Å². The van der Waals surface area contributed by atoms with Gasteiger partial charge in [0.2, 0.25) is 11.9 Å². The number of aromatic nitrogens is 4. The monoisotopic (exact) mass is 423 g/mol. The lowest BCUT2D eigenvalue weighted by atomic mass is 10.2. The van der Waals surface area contributed by atoms with Gasteiger partial charge >= 0.3 is 0 Å². The summed E-state index contributed by atoms with van der Waals surface area (Å²) in [5.41, 5.74) is 0.914. The molecule has 1 aromatic carbocycles. The Morgan fingerprint density at radius 2 is 1.90 bits per heavy atom. The standard InChI is InChI=1S/C20H17N5O2S2/c1-12(16(26)23-19-21-9-6-10-22-19)28-20-24-17-14(18(27)25(20)2)11-15(29-17)13-7-4-3-5-8-13/h3-12H,1-2H3,(H,21,22,23,26). The summed E-state index contributed by atoms with van der Waals surface area (Å²) in [5.74, 6) is -0.0142. The molecule has 7 nitrogen and oxygen atoms in total. The van der Waals surface area contributed by atoms with E-state index in [1.54, 1.807) is 32.4 Å². The molecule has 0 aliphatic heterocycles. The maximum atomic E-state index is 12.8. The molecule has 4 rings (SSSR count). The lowest BCUT2D eigenvalue weighted by Gasteiger charge is -2.12. The minimum atomic E-state index is -0.483. The lowest BCUT2D eigenvalue weighted by Crippen LogP contribution is -2.26. The van der Waals surface area contributed by atoms with Crippen molar-refractivity contribution < 1.29 is 4.79 Å². The molecule has 0 aliphatic carbocycles. The summed E-state index contributed by atoms with van der Waals surface area (Å²) < 4.78 is 1.48. The molecule has 3 heterocycles. The number of hydrogen-bond acceptors (Lipinski definition) is 7. The molecular formula is C20H17N5O2S2. The zero-order chi connectivity index (χ0) is 20.4. The van der Waals surface area contributed by atoms with Crippen LogP contribution in [0.2, 0.25) is 0 Å². The molecule has 0 saturated carbocycles. The first kappa shape index (κ1) is 19.3. The number of hydrogen-bond donors (Lipinski definition) is 1. The van der Waals surface area contributed by atoms with Gasteiger partial charge in [0.05, 0.1) is 10.6 Å². The summed E-state index contributed by atoms with van der Waals surface area (Å²) in [6, 6.07) is 13.4. The molecule has 0 saturated heterocycles. The Labute approximate surface area is 174 Å². The van der Waals surface area contributed by atoms with Crippen LogP contribution in [0.15, 0.2) is 64.8 Å². The molecule has 1 unspecified atom stereocenters. The smallest absolute Gasteiger partial charge is 0.262 e. The normalized spacial score (nSPS) is 12.1. The maximum Gasteiger partial charge on any atom is 0.262 e. The number of thiophene rings is 1. The molecule has 0 bridgehead atoms. The second-order valence-corrected chi connectivity index (χ2v) is 8.61. The first-order chi connectivity index (χ1) is 14.0. The molecule has 0 radical (unpaired) electrons. The molecule has 1 amide bonds. The average Bonchev–Trinajstić information content (AvgIpc) is 3.17. The summed E-state index contributed by atoms with van der Waals surface area (Å²) in [4.78, 5) is 39.5. The average molecular weight is 424 g/mol. The summed E-state index contributed by atoms with van der Waals surface area (Å²) in [5, 5.41) is 3.25. The van der Waals surface area contributed by atoms with Gasteiger partial charge in [0.25, 0.3) is 5.56 Å². The van der Waals surface area contributed by atoms with Crippen molar-refractivity contribution in [3.8, 4) is 10.4 Å². The molecule has 29 heavy (non-hydrogen) atoms. The van der Waals surface area contributed by atoms with Crippen LogP contribution in [0.3, 0.4) is 0 Å². The maximum absolute atomic E-state index is 12.8. The number of benzene rings is 1. The number of amides is 1. The summed E-state index contributed by atoms with van der Waals surface area (Å²) in [6.45, 7) is 1.75. The van der Waals surface area contributed by atoms with Gasteiger partial charge in [-0.1, -0.05) is 42.1 Å². The summed E-state index contributed by atoms with van der Waals surface area (Å²) in [6.07, 6.45) is 3.11. The van der Waals surface area contributed by atoms with Crippen molar-refractivity contribution in [3.63, 3.8) is 0 Å². The largest absolute Gasteiger partial charge is 0.294 e. The van der Waals surface area contributed by atoms with Crippen molar-refractivity contribution in [2.24, 2.45) is 7.05 Å². The van der Waals surface area contributed by atoms with Gasteiger partial charge in [-0.3, -0.25) is 19.5 Å². The third-order valence-corrected chi connectivity index (χ3v) is 6.46. The highest BCUT2D eigenvalue weighted by Crippen LogP contribution is 2.32. The second kappa shape index (κ2) is 8.14. The van der Waals surface area contributed by atoms with Crippen LogP contribution in [-0.2, 0) is 11.8 Å². The van der Waals surface area contributed by atoms with Gasteiger partial charge in [0.1, 0.15) is 4.83 Å². The zero-order valence-electron chi connectivity index (χ0n) is 15.7. The Morgan fingerprint density at radius 3 is 2.62 bits per heavy atom. The SMILES string of the molecule is CC(Sc1nc2sc(-c3ccccc3)cc2c(=O)n1C)C(=O)Nc1ncccn1. The van der Waals surface area contributed by atoms with Gasteiger partial charge in [-0.15, -0.1) is 11.3 Å². The first-order valence-electron chi connectivity index (χ1n) is 8.83. The van der Waals surface area contributed by atoms with Gasteiger partial charge in [-0.05, 0) is 24.6 Å². The van der Waals surface area contributed by atoms with Crippen molar-refractivity contribution in [1.82, 2.24) is 19.5 Å². The summed E-state index contributed by atoms with van der Waals surface area (Å²) in [7, 11) is 1.67. The number of nitrogens with zero attached hydrogens (tertiary/aromatic N) is 4. The number of thioether (sulfide) groups is 1. The lowest BCUT2D eigenvalue weighted by molar-refractivity contribution is -0.115. The molecule has 9 heteroatoms. The van der Waals surface area contributed by atoms with Crippen LogP contribution in [0.1, 0.15) is 6.92 Å². The van der Waals surface area contributed by atoms with E-state index in [9.17, 15) is 9.59 Å². The molecule has 0 aliphatic rings. The van der Waals surface area contributed by atoms with Crippen molar-refractivity contribution in [1.29, 1.82) is 0 Å². The van der Waals surface area contributed by atoms with Crippen molar-refractivity contribution in [3.05, 3.63) is 65.2 Å². The van der Waals surface area contributed by atoms with Crippen LogP contribution in [0.25, 0.3) is 20.7 Å². The third-order valence-electron chi connectivity index (χ3n) is 4.24. The third kappa shape index (κ3) is 4.06. The zero-order valence-corrected chi connectivity index (χ0v) is 17.3. The fourth-order valence-corrected chi connectivity index (χ4v) is 4.64. The number of carbonyl (C=O) groups excluding carboxylic acids is 1. The van der Waals surface area contributed by atoms with E-state index < -0.39 is 5.25 Å². The Kier molecular flexibility index (Phi) is 5.41. The molecule has 0 fully saturated rings. The fourth-order valence-electron chi connectivity index (χ4n) is 2.68. The van der Waals surface area contributed by atoms with Gasteiger partial charge < -0.3 is 0 Å². The highest BCUT2D eigenvalue weighted by Gasteiger charge is 2.20. The predicted molar refractivity (Wildman–Crippen MR) is 116 cm³/mol. The Morgan fingerprint density at radius 1 is 1.17 bits per heavy atom. The number of fused-ring (bicyclic) bond motifs is 1. The molecule has 146 valence electrons. The Balaban J connectivity index is 1.61. The van der Waals surface area contributed by atoms with E-state index in [2.05, 4.69) is 20.3 Å². The number of nitrogens with one attached hydrogen (secondary N) is 1. The van der Waals surface area contributed by atoms with Gasteiger partial charge in [-0.25, -0.2) is 15.0 Å². The van der Waals surface area contributed by atoms with Crippen LogP contribution < -0.4 is 10.9 Å². The Bertz CT molecular complexity index is 1220. The number of anilines is 1. The molecule has 1 N–H and O–H groups in total. The van der Waals surface area contributed by atoms with Crippen LogP contribution in [0, 0.1) is 0 Å². The van der Waals surface area contributed by atoms with Gasteiger partial charge in [-0.2, -0.15) is 0 Å². The van der Waals surface area contributed by atoms with E-state index in [1.165, 1.54) is 27.7 Å². The second-order valence-electron chi connectivity index (χ2n) is 6.28. The van der Waals surface area contributed by atoms with E-state index >= 15 is 0 Å². The van der Waals surface area contributed by atoms with Gasteiger partial charge in [0, 0.05) is 24.3 Å². The number of carbonyl (C=O) groups is 1. The fraction of sp³-hybridized carbons (Fsp3) is 0.150. The minimum absolute atomic E-state index is 0.130. The van der Waals surface area contributed by atoms with E-state index in [1.807, 2.05) is 36.4 Å². The molecule has 4 aromatic rings. The molecule has 1 atom stereocenters. The highest BCUT2D eigenvalue weighted by atomic mass is 32.2. The quantitative estimate of drug-likeness (QED) is 0.390. The summed E-state index contributed by atoms with van der Waals surface area (Å²) >= 11 is 2.69. The first-order valence-corrected chi connectivity index (χ1v) is 10.5. The topological polar surface area (TPSA) is 89.8 Å². The predicted octanol–water partition coefficient (Wildman–Crippen LogP) is 3.57. The van der Waals surface area contributed by atoms with Crippen LogP contribution in [0.4, 0.5) is 5.95 Å². The number of rotatable bonds is 5. The highest BCUT2D eigenvalue weighted by molar-refractivity contribution is 8.00. The molecular weight excluding hydrogens is 406 g/mol. The molecule has 3 aromatic heterocycles. The van der Waals surface area contributed by atoms with E-state index in [4.69, 9.17) is 0 Å². The van der Waals surface area contributed by atoms with Crippen LogP contribution in [0.5, 0.6) is 0 Å². The van der Waals surface area contributed by atoms with E-state index in [0.29, 0.717) is 15.4 Å². The van der Waals surface area contributed by atoms with Crippen LogP contribution >= 0.6 is 23.1 Å². The van der Waals surface area contributed by atoms with Crippen molar-refractivity contribution >= 4 is 45.2 Å². The molecule has 0 spiro atoms.